The Labute approximate surface area is 203 Å². The molecule has 2 aromatic rings. The van der Waals surface area contributed by atoms with Crippen molar-refractivity contribution in [3.63, 3.8) is 0 Å². The first kappa shape index (κ1) is 25.9. The Morgan fingerprint density at radius 3 is 2.26 bits per heavy atom. The highest BCUT2D eigenvalue weighted by atomic mass is 16.7. The lowest BCUT2D eigenvalue weighted by Gasteiger charge is -2.32. The van der Waals surface area contributed by atoms with Gasteiger partial charge in [0.15, 0.2) is 0 Å². The third-order valence-electron chi connectivity index (χ3n) is 5.85. The van der Waals surface area contributed by atoms with E-state index < -0.39 is 30.0 Å². The monoisotopic (exact) mass is 465 g/mol. The van der Waals surface area contributed by atoms with Crippen molar-refractivity contribution in [1.29, 1.82) is 0 Å². The Hall–Kier alpha value is -2.77. The largest absolute Gasteiger partial charge is 0.492 e. The summed E-state index contributed by atoms with van der Waals surface area (Å²) in [7, 11) is -0.603. The molecule has 0 radical (unpaired) electrons. The molecular weight excluding hydrogens is 429 g/mol. The van der Waals surface area contributed by atoms with Gasteiger partial charge in [0.25, 0.3) is 0 Å². The van der Waals surface area contributed by atoms with Crippen molar-refractivity contribution in [2.45, 2.75) is 71.9 Å². The van der Waals surface area contributed by atoms with E-state index in [4.69, 9.17) is 18.8 Å². The molecule has 1 aliphatic heterocycles. The van der Waals surface area contributed by atoms with Crippen LogP contribution >= 0.6 is 0 Å². The summed E-state index contributed by atoms with van der Waals surface area (Å²) in [5.41, 5.74) is 1.23. The summed E-state index contributed by atoms with van der Waals surface area (Å²) in [6, 6.07) is 17.8. The predicted molar refractivity (Wildman–Crippen MR) is 136 cm³/mol. The van der Waals surface area contributed by atoms with E-state index in [2.05, 4.69) is 5.32 Å². The van der Waals surface area contributed by atoms with Crippen molar-refractivity contribution in [3.05, 3.63) is 71.2 Å². The summed E-state index contributed by atoms with van der Waals surface area (Å²) in [5, 5.41) is 2.83. The fourth-order valence-electron chi connectivity index (χ4n) is 3.33. The molecule has 1 amide bonds. The zero-order valence-corrected chi connectivity index (χ0v) is 21.3. The topological polar surface area (TPSA) is 66.0 Å². The summed E-state index contributed by atoms with van der Waals surface area (Å²) >= 11 is 0. The van der Waals surface area contributed by atoms with Crippen LogP contribution in [-0.4, -0.2) is 36.6 Å². The van der Waals surface area contributed by atoms with E-state index in [0.717, 1.165) is 22.3 Å². The summed E-state index contributed by atoms with van der Waals surface area (Å²) in [5.74, 6) is 0.756. The molecule has 1 aliphatic rings. The van der Waals surface area contributed by atoms with Crippen LogP contribution in [0.5, 0.6) is 5.75 Å². The molecule has 1 fully saturated rings. The molecule has 0 bridgehead atoms. The van der Waals surface area contributed by atoms with Crippen LogP contribution in [0.4, 0.5) is 4.79 Å². The molecule has 0 saturated carbocycles. The normalized spacial score (nSPS) is 17.4. The van der Waals surface area contributed by atoms with Gasteiger partial charge in [0.1, 0.15) is 18.0 Å². The van der Waals surface area contributed by atoms with Crippen LogP contribution < -0.4 is 10.1 Å². The fraction of sp³-hybridized carbons (Fsp3) is 0.444. The summed E-state index contributed by atoms with van der Waals surface area (Å²) < 4.78 is 23.9. The summed E-state index contributed by atoms with van der Waals surface area (Å²) in [6.07, 6.45) is 1.48. The molecule has 2 aromatic carbocycles. The average molecular weight is 465 g/mol. The SMILES string of the molecule is CC(C)(C)OC(=O)NCC(=Cc1cccc(OCc2ccccc2)c1)B1OC(C)(C)C(C)(C)O1. The lowest BCUT2D eigenvalue weighted by Crippen LogP contribution is -2.41. The van der Waals surface area contributed by atoms with Crippen molar-refractivity contribution in [2.24, 2.45) is 0 Å². The molecule has 1 N–H and O–H groups in total. The Morgan fingerprint density at radius 1 is 1.00 bits per heavy atom. The highest BCUT2D eigenvalue weighted by Gasteiger charge is 2.52. The van der Waals surface area contributed by atoms with E-state index in [1.807, 2.05) is 109 Å². The second-order valence-electron chi connectivity index (χ2n) is 10.5. The number of hydrogen-bond acceptors (Lipinski definition) is 5. The Morgan fingerprint density at radius 2 is 1.65 bits per heavy atom. The maximum Gasteiger partial charge on any atom is 0.492 e. The number of ether oxygens (including phenoxy) is 2. The average Bonchev–Trinajstić information content (AvgIpc) is 2.96. The number of hydrogen-bond donors (Lipinski definition) is 1. The predicted octanol–water partition coefficient (Wildman–Crippen LogP) is 5.81. The minimum Gasteiger partial charge on any atom is -0.489 e. The molecule has 1 heterocycles. The van der Waals surface area contributed by atoms with Gasteiger partial charge in [0.2, 0.25) is 0 Å². The highest BCUT2D eigenvalue weighted by molar-refractivity contribution is 6.56. The van der Waals surface area contributed by atoms with Crippen molar-refractivity contribution < 1.29 is 23.6 Å². The van der Waals surface area contributed by atoms with E-state index in [-0.39, 0.29) is 6.54 Å². The molecular formula is C27H36BNO5. The first-order valence-electron chi connectivity index (χ1n) is 11.6. The standard InChI is InChI=1S/C27H36BNO5/c1-25(2,3)32-24(30)29-18-22(28-33-26(4,5)27(6,7)34-28)16-21-14-11-15-23(17-21)31-19-20-12-9-8-10-13-20/h8-17H,18-19H2,1-7H3,(H,29,30). The number of carbonyl (C=O) groups is 1. The number of carbonyl (C=O) groups excluding carboxylic acids is 1. The number of amides is 1. The van der Waals surface area contributed by atoms with Gasteiger partial charge in [0.05, 0.1) is 11.2 Å². The third kappa shape index (κ3) is 7.11. The van der Waals surface area contributed by atoms with E-state index in [1.165, 1.54) is 0 Å². The van der Waals surface area contributed by atoms with Gasteiger partial charge in [-0.2, -0.15) is 0 Å². The molecule has 34 heavy (non-hydrogen) atoms. The van der Waals surface area contributed by atoms with Gasteiger partial charge in [-0.1, -0.05) is 48.5 Å². The van der Waals surface area contributed by atoms with Crippen molar-refractivity contribution >= 4 is 19.3 Å². The molecule has 0 unspecified atom stereocenters. The van der Waals surface area contributed by atoms with Crippen LogP contribution in [0.25, 0.3) is 6.08 Å². The smallest absolute Gasteiger partial charge is 0.489 e. The number of alkyl carbamates (subject to hydrolysis) is 1. The fourth-order valence-corrected chi connectivity index (χ4v) is 3.33. The minimum atomic E-state index is -0.603. The lowest BCUT2D eigenvalue weighted by atomic mass is 9.77. The molecule has 0 aromatic heterocycles. The van der Waals surface area contributed by atoms with Gasteiger partial charge < -0.3 is 24.1 Å². The maximum atomic E-state index is 12.3. The van der Waals surface area contributed by atoms with Gasteiger partial charge in [-0.25, -0.2) is 4.79 Å². The van der Waals surface area contributed by atoms with Crippen LogP contribution in [0.2, 0.25) is 0 Å². The molecule has 3 rings (SSSR count). The number of nitrogens with one attached hydrogen (secondary N) is 1. The van der Waals surface area contributed by atoms with Gasteiger partial charge in [0, 0.05) is 6.54 Å². The van der Waals surface area contributed by atoms with Crippen LogP contribution in [-0.2, 0) is 20.7 Å². The van der Waals surface area contributed by atoms with Gasteiger partial charge in [-0.05, 0) is 77.2 Å². The van der Waals surface area contributed by atoms with Crippen molar-refractivity contribution in [1.82, 2.24) is 5.32 Å². The molecule has 0 spiro atoms. The number of benzene rings is 2. The second-order valence-corrected chi connectivity index (χ2v) is 10.5. The van der Waals surface area contributed by atoms with Crippen LogP contribution in [0.1, 0.15) is 59.6 Å². The van der Waals surface area contributed by atoms with E-state index >= 15 is 0 Å². The molecule has 7 heteroatoms. The molecule has 0 aliphatic carbocycles. The van der Waals surface area contributed by atoms with Gasteiger partial charge in [-0.3, -0.25) is 0 Å². The Kier molecular flexibility index (Phi) is 7.79. The molecule has 0 atom stereocenters. The maximum absolute atomic E-state index is 12.3. The van der Waals surface area contributed by atoms with Gasteiger partial charge in [-0.15, -0.1) is 0 Å². The highest BCUT2D eigenvalue weighted by Crippen LogP contribution is 2.38. The quantitative estimate of drug-likeness (QED) is 0.523. The van der Waals surface area contributed by atoms with Crippen molar-refractivity contribution in [3.8, 4) is 5.75 Å². The van der Waals surface area contributed by atoms with Crippen molar-refractivity contribution in [2.75, 3.05) is 6.54 Å². The van der Waals surface area contributed by atoms with Crippen LogP contribution in [0.15, 0.2) is 60.1 Å². The molecule has 182 valence electrons. The van der Waals surface area contributed by atoms with Crippen LogP contribution in [0.3, 0.4) is 0 Å². The molecule has 1 saturated heterocycles. The van der Waals surface area contributed by atoms with E-state index in [9.17, 15) is 4.79 Å². The van der Waals surface area contributed by atoms with Gasteiger partial charge >= 0.3 is 13.2 Å². The van der Waals surface area contributed by atoms with E-state index in [0.29, 0.717) is 6.61 Å². The second kappa shape index (κ2) is 10.2. The zero-order chi connectivity index (χ0) is 25.0. The first-order valence-corrected chi connectivity index (χ1v) is 11.6. The van der Waals surface area contributed by atoms with Crippen LogP contribution in [0, 0.1) is 0 Å². The first-order chi connectivity index (χ1) is 15.8. The Bertz CT molecular complexity index is 995. The minimum absolute atomic E-state index is 0.223. The van der Waals surface area contributed by atoms with E-state index in [1.54, 1.807) is 0 Å². The lowest BCUT2D eigenvalue weighted by molar-refractivity contribution is 0.00578. The molecule has 6 nitrogen and oxygen atoms in total. The Balaban J connectivity index is 1.79. The summed E-state index contributed by atoms with van der Waals surface area (Å²) in [4.78, 5) is 12.3. The summed E-state index contributed by atoms with van der Waals surface area (Å²) in [6.45, 7) is 14.2. The zero-order valence-electron chi connectivity index (χ0n) is 21.3. The third-order valence-corrected chi connectivity index (χ3v) is 5.85. The number of rotatable bonds is 7.